The smallest absolute Gasteiger partial charge is 0.307 e. The first kappa shape index (κ1) is 15.3. The van der Waals surface area contributed by atoms with E-state index in [9.17, 15) is 14.7 Å². The molecule has 1 aliphatic carbocycles. The molecule has 0 heterocycles. The Morgan fingerprint density at radius 1 is 1.43 bits per heavy atom. The largest absolute Gasteiger partial charge is 0.491 e. The molecule has 0 saturated heterocycles. The number of carboxylic acid groups (broad SMARTS) is 1. The van der Waals surface area contributed by atoms with E-state index >= 15 is 0 Å². The van der Waals surface area contributed by atoms with Gasteiger partial charge in [0.25, 0.3) is 0 Å². The summed E-state index contributed by atoms with van der Waals surface area (Å²) in [6.07, 6.45) is -0.465. The molecule has 0 radical (unpaired) electrons. The van der Waals surface area contributed by atoms with Gasteiger partial charge in [-0.1, -0.05) is 12.1 Å². The third-order valence-corrected chi connectivity index (χ3v) is 3.39. The van der Waals surface area contributed by atoms with Crippen LogP contribution < -0.4 is 10.1 Å². The molecule has 1 fully saturated rings. The third kappa shape index (κ3) is 4.46. The highest BCUT2D eigenvalue weighted by atomic mass is 16.5. The van der Waals surface area contributed by atoms with Gasteiger partial charge in [0.2, 0.25) is 5.91 Å². The minimum atomic E-state index is -0.946. The van der Waals surface area contributed by atoms with Crippen molar-refractivity contribution < 1.29 is 24.5 Å². The van der Waals surface area contributed by atoms with Gasteiger partial charge in [-0.2, -0.15) is 0 Å². The highest BCUT2D eigenvalue weighted by Gasteiger charge is 2.48. The number of rotatable bonds is 7. The lowest BCUT2D eigenvalue weighted by molar-refractivity contribution is -0.140. The van der Waals surface area contributed by atoms with Gasteiger partial charge in [-0.15, -0.1) is 0 Å². The fourth-order valence-corrected chi connectivity index (χ4v) is 2.06. The summed E-state index contributed by atoms with van der Waals surface area (Å²) in [6, 6.07) is 7.45. The monoisotopic (exact) mass is 293 g/mol. The van der Waals surface area contributed by atoms with E-state index in [2.05, 4.69) is 5.32 Å². The molecule has 6 nitrogen and oxygen atoms in total. The predicted molar refractivity (Wildman–Crippen MR) is 74.9 cm³/mol. The maximum atomic E-state index is 11.6. The van der Waals surface area contributed by atoms with Gasteiger partial charge in [0, 0.05) is 6.54 Å². The highest BCUT2D eigenvalue weighted by Crippen LogP contribution is 2.38. The van der Waals surface area contributed by atoms with Crippen LogP contribution in [0.2, 0.25) is 0 Å². The quantitative estimate of drug-likeness (QED) is 0.683. The molecule has 0 spiro atoms. The molecule has 0 aliphatic heterocycles. The molecule has 3 unspecified atom stereocenters. The number of carboxylic acids is 1. The van der Waals surface area contributed by atoms with Crippen LogP contribution in [0.15, 0.2) is 24.3 Å². The van der Waals surface area contributed by atoms with Crippen LogP contribution >= 0.6 is 0 Å². The third-order valence-electron chi connectivity index (χ3n) is 3.39. The van der Waals surface area contributed by atoms with Crippen LogP contribution in [0.5, 0.6) is 5.75 Å². The minimum Gasteiger partial charge on any atom is -0.491 e. The topological polar surface area (TPSA) is 95.9 Å². The Bertz CT molecular complexity index is 531. The maximum absolute atomic E-state index is 11.6. The number of nitrogens with one attached hydrogen (secondary N) is 1. The molecule has 0 aromatic heterocycles. The van der Waals surface area contributed by atoms with Crippen molar-refractivity contribution in [3.05, 3.63) is 29.8 Å². The minimum absolute atomic E-state index is 0.0491. The fraction of sp³-hybridized carbons (Fsp3) is 0.467. The Morgan fingerprint density at radius 3 is 2.81 bits per heavy atom. The Balaban J connectivity index is 1.67. The van der Waals surface area contributed by atoms with Crippen LogP contribution in [0.1, 0.15) is 12.0 Å². The second-order valence-corrected chi connectivity index (χ2v) is 5.31. The molecule has 1 aromatic rings. The van der Waals surface area contributed by atoms with E-state index in [1.165, 1.54) is 0 Å². The number of aliphatic hydroxyl groups excluding tert-OH is 1. The zero-order valence-corrected chi connectivity index (χ0v) is 11.8. The normalized spacial score (nSPS) is 21.4. The highest BCUT2D eigenvalue weighted by molar-refractivity contribution is 5.89. The first-order valence-electron chi connectivity index (χ1n) is 6.85. The molecule has 2 rings (SSSR count). The number of aliphatic carboxylic acids is 1. The van der Waals surface area contributed by atoms with Gasteiger partial charge in [0.1, 0.15) is 18.5 Å². The molecule has 1 aromatic carbocycles. The van der Waals surface area contributed by atoms with Crippen molar-refractivity contribution in [1.82, 2.24) is 5.32 Å². The molecule has 3 atom stereocenters. The number of aliphatic hydroxyl groups is 1. The summed E-state index contributed by atoms with van der Waals surface area (Å²) >= 11 is 0. The van der Waals surface area contributed by atoms with Crippen molar-refractivity contribution in [3.63, 3.8) is 0 Å². The van der Waals surface area contributed by atoms with Gasteiger partial charge in [0.15, 0.2) is 0 Å². The van der Waals surface area contributed by atoms with Gasteiger partial charge in [-0.3, -0.25) is 9.59 Å². The van der Waals surface area contributed by atoms with E-state index in [1.54, 1.807) is 6.07 Å². The maximum Gasteiger partial charge on any atom is 0.307 e. The predicted octanol–water partition coefficient (Wildman–Crippen LogP) is 0.572. The van der Waals surface area contributed by atoms with Gasteiger partial charge in [-0.25, -0.2) is 0 Å². The summed E-state index contributed by atoms with van der Waals surface area (Å²) < 4.78 is 5.42. The van der Waals surface area contributed by atoms with Crippen LogP contribution in [0.25, 0.3) is 0 Å². The molecule has 114 valence electrons. The molecule has 1 aliphatic rings. The van der Waals surface area contributed by atoms with Crippen molar-refractivity contribution in [1.29, 1.82) is 0 Å². The molecule has 3 N–H and O–H groups in total. The van der Waals surface area contributed by atoms with E-state index in [0.717, 1.165) is 5.56 Å². The number of benzene rings is 1. The number of amides is 1. The number of carbonyl (C=O) groups is 2. The van der Waals surface area contributed by atoms with Crippen LogP contribution in [-0.4, -0.2) is 41.3 Å². The first-order chi connectivity index (χ1) is 9.97. The van der Waals surface area contributed by atoms with Crippen LogP contribution in [0, 0.1) is 18.8 Å². The number of aryl methyl sites for hydroxylation is 1. The zero-order chi connectivity index (χ0) is 15.4. The summed E-state index contributed by atoms with van der Waals surface area (Å²) in [5, 5.41) is 21.0. The number of carbonyl (C=O) groups excluding carboxylic acids is 1. The molecule has 1 amide bonds. The average Bonchev–Trinajstić information content (AvgIpc) is 3.23. The van der Waals surface area contributed by atoms with Crippen LogP contribution in [0.4, 0.5) is 0 Å². The Kier molecular flexibility index (Phi) is 4.80. The van der Waals surface area contributed by atoms with E-state index in [1.807, 2.05) is 25.1 Å². The summed E-state index contributed by atoms with van der Waals surface area (Å²) in [4.78, 5) is 22.3. The summed E-state index contributed by atoms with van der Waals surface area (Å²) in [5.74, 6) is -1.65. The van der Waals surface area contributed by atoms with Gasteiger partial charge >= 0.3 is 5.97 Å². The van der Waals surface area contributed by atoms with Crippen molar-refractivity contribution in [2.45, 2.75) is 19.4 Å². The van der Waals surface area contributed by atoms with Crippen LogP contribution in [0.3, 0.4) is 0 Å². The molecule has 0 bridgehead atoms. The number of hydrogen-bond donors (Lipinski definition) is 3. The number of hydrogen-bond acceptors (Lipinski definition) is 4. The Labute approximate surface area is 122 Å². The van der Waals surface area contributed by atoms with Gasteiger partial charge in [0.05, 0.1) is 11.8 Å². The van der Waals surface area contributed by atoms with E-state index in [-0.39, 0.29) is 19.1 Å². The fourth-order valence-electron chi connectivity index (χ4n) is 2.06. The average molecular weight is 293 g/mol. The van der Waals surface area contributed by atoms with Crippen molar-refractivity contribution >= 4 is 11.9 Å². The Morgan fingerprint density at radius 2 is 2.19 bits per heavy atom. The van der Waals surface area contributed by atoms with E-state index < -0.39 is 23.9 Å². The lowest BCUT2D eigenvalue weighted by atomic mass is 10.2. The summed E-state index contributed by atoms with van der Waals surface area (Å²) in [7, 11) is 0. The van der Waals surface area contributed by atoms with Gasteiger partial charge < -0.3 is 20.3 Å². The zero-order valence-electron chi connectivity index (χ0n) is 11.8. The van der Waals surface area contributed by atoms with E-state index in [0.29, 0.717) is 12.2 Å². The summed E-state index contributed by atoms with van der Waals surface area (Å²) in [6.45, 7) is 2.06. The lowest BCUT2D eigenvalue weighted by Crippen LogP contribution is -2.36. The number of ether oxygens (including phenoxy) is 1. The lowest BCUT2D eigenvalue weighted by Gasteiger charge is -2.13. The van der Waals surface area contributed by atoms with E-state index in [4.69, 9.17) is 9.84 Å². The molecular weight excluding hydrogens is 274 g/mol. The first-order valence-corrected chi connectivity index (χ1v) is 6.85. The standard InChI is InChI=1S/C15H19NO5/c1-9-3-2-4-11(5-9)21-8-10(17)7-16-14(18)12-6-13(12)15(19)20/h2-5,10,12-13,17H,6-8H2,1H3,(H,16,18)(H,19,20). The molecule has 6 heteroatoms. The van der Waals surface area contributed by atoms with Gasteiger partial charge in [-0.05, 0) is 31.0 Å². The second-order valence-electron chi connectivity index (χ2n) is 5.31. The SMILES string of the molecule is Cc1cccc(OCC(O)CNC(=O)C2CC2C(=O)O)c1. The van der Waals surface area contributed by atoms with Crippen molar-refractivity contribution in [2.24, 2.45) is 11.8 Å². The Hall–Kier alpha value is -2.08. The van der Waals surface area contributed by atoms with Crippen LogP contribution in [-0.2, 0) is 9.59 Å². The van der Waals surface area contributed by atoms with Crippen molar-refractivity contribution in [2.75, 3.05) is 13.2 Å². The molecule has 1 saturated carbocycles. The second kappa shape index (κ2) is 6.58. The van der Waals surface area contributed by atoms with Crippen molar-refractivity contribution in [3.8, 4) is 5.75 Å². The molecule has 21 heavy (non-hydrogen) atoms. The molecular formula is C15H19NO5. The summed E-state index contributed by atoms with van der Waals surface area (Å²) in [5.41, 5.74) is 1.06.